The van der Waals surface area contributed by atoms with Crippen molar-refractivity contribution in [2.75, 3.05) is 13.2 Å². The lowest BCUT2D eigenvalue weighted by atomic mass is 9.75. The minimum Gasteiger partial charge on any atom is -0.508 e. The van der Waals surface area contributed by atoms with Crippen molar-refractivity contribution < 1.29 is 20.1 Å². The topological polar surface area (TPSA) is 81.0 Å². The van der Waals surface area contributed by atoms with Crippen molar-refractivity contribution in [1.29, 1.82) is 0 Å². The van der Waals surface area contributed by atoms with E-state index in [2.05, 4.69) is 0 Å². The number of hydrogen-bond donors (Lipinski definition) is 3. The summed E-state index contributed by atoms with van der Waals surface area (Å²) >= 11 is 12.2. The maximum atomic E-state index is 12.2. The Labute approximate surface area is 138 Å². The number of hydrogen-bond acceptors (Lipinski definition) is 4. The maximum absolute atomic E-state index is 12.2. The number of nitrogens with zero attached hydrogens (tertiary/aromatic N) is 1. The van der Waals surface area contributed by atoms with Gasteiger partial charge in [0.05, 0.1) is 22.3 Å². The normalized spacial score (nSPS) is 31.5. The first-order valence-electron chi connectivity index (χ1n) is 7.14. The van der Waals surface area contributed by atoms with Gasteiger partial charge in [0.2, 0.25) is 5.91 Å². The summed E-state index contributed by atoms with van der Waals surface area (Å²) < 4.78 is 0. The monoisotopic (exact) mass is 345 g/mol. The SMILES string of the molecule is O=C1C[C@H](c2c(O)ccc(Cl)c2Cl)CN1C1CC(O)(CO)C1. The quantitative estimate of drug-likeness (QED) is 0.781. The van der Waals surface area contributed by atoms with Crippen molar-refractivity contribution in [3.63, 3.8) is 0 Å². The number of phenols is 1. The van der Waals surface area contributed by atoms with Gasteiger partial charge in [0, 0.05) is 30.5 Å². The second kappa shape index (κ2) is 5.57. The van der Waals surface area contributed by atoms with Gasteiger partial charge >= 0.3 is 0 Å². The summed E-state index contributed by atoms with van der Waals surface area (Å²) in [6, 6.07) is 2.92. The molecule has 0 spiro atoms. The smallest absolute Gasteiger partial charge is 0.223 e. The molecule has 22 heavy (non-hydrogen) atoms. The number of amides is 1. The van der Waals surface area contributed by atoms with Gasteiger partial charge in [-0.1, -0.05) is 23.2 Å². The minimum absolute atomic E-state index is 0.0366. The van der Waals surface area contributed by atoms with Crippen LogP contribution in [0.1, 0.15) is 30.7 Å². The van der Waals surface area contributed by atoms with E-state index in [0.29, 0.717) is 30.0 Å². The number of halogens is 2. The maximum Gasteiger partial charge on any atom is 0.223 e. The Morgan fingerprint density at radius 1 is 1.32 bits per heavy atom. The van der Waals surface area contributed by atoms with E-state index in [1.807, 2.05) is 0 Å². The van der Waals surface area contributed by atoms with Crippen molar-refractivity contribution >= 4 is 29.1 Å². The number of carbonyl (C=O) groups is 1. The Morgan fingerprint density at radius 3 is 2.64 bits per heavy atom. The summed E-state index contributed by atoms with van der Waals surface area (Å²) in [4.78, 5) is 13.9. The number of carbonyl (C=O) groups excluding carboxylic acids is 1. The lowest BCUT2D eigenvalue weighted by molar-refractivity contribution is -0.146. The number of phenolic OH excluding ortho intramolecular Hbond substituents is 1. The average molecular weight is 346 g/mol. The Kier molecular flexibility index (Phi) is 4.01. The van der Waals surface area contributed by atoms with Crippen molar-refractivity contribution in [2.24, 2.45) is 0 Å². The first-order valence-corrected chi connectivity index (χ1v) is 7.90. The van der Waals surface area contributed by atoms with E-state index in [1.54, 1.807) is 4.90 Å². The first kappa shape index (κ1) is 15.9. The van der Waals surface area contributed by atoms with E-state index in [-0.39, 0.29) is 41.7 Å². The highest BCUT2D eigenvalue weighted by Crippen LogP contribution is 2.44. The van der Waals surface area contributed by atoms with E-state index in [9.17, 15) is 15.0 Å². The van der Waals surface area contributed by atoms with Gasteiger partial charge in [0.1, 0.15) is 5.75 Å². The highest BCUT2D eigenvalue weighted by molar-refractivity contribution is 6.42. The van der Waals surface area contributed by atoms with Gasteiger partial charge in [-0.2, -0.15) is 0 Å². The average Bonchev–Trinajstić information content (AvgIpc) is 2.81. The fourth-order valence-corrected chi connectivity index (χ4v) is 3.87. The summed E-state index contributed by atoms with van der Waals surface area (Å²) in [6.45, 7) is 0.133. The number of aromatic hydroxyl groups is 1. The molecule has 1 aromatic rings. The van der Waals surface area contributed by atoms with Gasteiger partial charge in [-0.3, -0.25) is 4.79 Å². The van der Waals surface area contributed by atoms with Crippen LogP contribution in [0, 0.1) is 0 Å². The van der Waals surface area contributed by atoms with Crippen molar-refractivity contribution in [2.45, 2.75) is 36.8 Å². The van der Waals surface area contributed by atoms with Gasteiger partial charge in [0.25, 0.3) is 0 Å². The molecule has 1 saturated carbocycles. The van der Waals surface area contributed by atoms with Gasteiger partial charge < -0.3 is 20.2 Å². The number of rotatable bonds is 3. The molecule has 1 aliphatic heterocycles. The summed E-state index contributed by atoms with van der Waals surface area (Å²) in [5.74, 6) is -0.221. The minimum atomic E-state index is -1.07. The molecule has 0 unspecified atom stereocenters. The summed E-state index contributed by atoms with van der Waals surface area (Å²) in [5, 5.41) is 29.6. The summed E-state index contributed by atoms with van der Waals surface area (Å²) in [5.41, 5.74) is -0.569. The molecule has 0 aromatic heterocycles. The molecular weight excluding hydrogens is 329 g/mol. The zero-order valence-corrected chi connectivity index (χ0v) is 13.3. The molecule has 5 nitrogen and oxygen atoms in total. The van der Waals surface area contributed by atoms with Crippen LogP contribution in [0.15, 0.2) is 12.1 Å². The number of aliphatic hydroxyl groups is 2. The first-order chi connectivity index (χ1) is 10.3. The standard InChI is InChI=1S/C15H17Cl2NO4/c16-10-1-2-11(20)13(14(10)17)8-3-12(21)18(6-8)9-4-15(22,5-9)7-19/h1-2,8-9,19-20,22H,3-7H2/t8-,9?,15?/m0/s1. The Bertz CT molecular complexity index is 616. The summed E-state index contributed by atoms with van der Waals surface area (Å²) in [7, 11) is 0. The van der Waals surface area contributed by atoms with Crippen molar-refractivity contribution in [1.82, 2.24) is 4.90 Å². The van der Waals surface area contributed by atoms with Crippen LogP contribution in [-0.4, -0.2) is 50.9 Å². The highest BCUT2D eigenvalue weighted by atomic mass is 35.5. The van der Waals surface area contributed by atoms with Crippen LogP contribution in [0.4, 0.5) is 0 Å². The zero-order valence-electron chi connectivity index (χ0n) is 11.8. The molecule has 1 saturated heterocycles. The van der Waals surface area contributed by atoms with Crippen LogP contribution >= 0.6 is 23.2 Å². The van der Waals surface area contributed by atoms with Gasteiger partial charge in [-0.05, 0) is 25.0 Å². The third-order valence-electron chi connectivity index (χ3n) is 4.64. The van der Waals surface area contributed by atoms with Crippen LogP contribution in [0.25, 0.3) is 0 Å². The molecule has 2 fully saturated rings. The number of likely N-dealkylation sites (tertiary alicyclic amines) is 1. The van der Waals surface area contributed by atoms with Crippen LogP contribution < -0.4 is 0 Å². The fourth-order valence-electron chi connectivity index (χ4n) is 3.39. The lowest BCUT2D eigenvalue weighted by Gasteiger charge is -2.46. The number of benzene rings is 1. The molecular formula is C15H17Cl2NO4. The van der Waals surface area contributed by atoms with E-state index < -0.39 is 5.60 Å². The molecule has 3 N–H and O–H groups in total. The molecule has 1 atom stereocenters. The Hall–Kier alpha value is -1.01. The molecule has 1 heterocycles. The molecule has 7 heteroatoms. The summed E-state index contributed by atoms with van der Waals surface area (Å²) in [6.07, 6.45) is 0.996. The van der Waals surface area contributed by atoms with E-state index >= 15 is 0 Å². The molecule has 1 aliphatic carbocycles. The molecule has 3 rings (SSSR count). The number of aliphatic hydroxyl groups excluding tert-OH is 1. The van der Waals surface area contributed by atoms with Crippen LogP contribution in [0.3, 0.4) is 0 Å². The molecule has 120 valence electrons. The van der Waals surface area contributed by atoms with Gasteiger partial charge in [-0.15, -0.1) is 0 Å². The van der Waals surface area contributed by atoms with E-state index in [1.165, 1.54) is 12.1 Å². The van der Waals surface area contributed by atoms with Crippen LogP contribution in [-0.2, 0) is 4.79 Å². The molecule has 2 aliphatic rings. The Balaban J connectivity index is 1.77. The second-order valence-corrected chi connectivity index (χ2v) is 6.97. The molecule has 1 aromatic carbocycles. The van der Waals surface area contributed by atoms with Crippen molar-refractivity contribution in [3.05, 3.63) is 27.7 Å². The lowest BCUT2D eigenvalue weighted by Crippen LogP contribution is -2.57. The Morgan fingerprint density at radius 2 is 2.00 bits per heavy atom. The predicted molar refractivity (Wildman–Crippen MR) is 82.3 cm³/mol. The predicted octanol–water partition coefficient (Wildman–Crippen LogP) is 1.90. The van der Waals surface area contributed by atoms with Gasteiger partial charge in [-0.25, -0.2) is 0 Å². The second-order valence-electron chi connectivity index (χ2n) is 6.19. The zero-order chi connectivity index (χ0) is 16.1. The van der Waals surface area contributed by atoms with Crippen LogP contribution in [0.5, 0.6) is 5.75 Å². The third-order valence-corrected chi connectivity index (χ3v) is 5.46. The largest absolute Gasteiger partial charge is 0.508 e. The molecule has 0 bridgehead atoms. The molecule has 0 radical (unpaired) electrons. The van der Waals surface area contributed by atoms with Gasteiger partial charge in [0.15, 0.2) is 0 Å². The third kappa shape index (κ3) is 2.56. The van der Waals surface area contributed by atoms with Crippen LogP contribution in [0.2, 0.25) is 10.0 Å². The van der Waals surface area contributed by atoms with E-state index in [0.717, 1.165) is 0 Å². The highest BCUT2D eigenvalue weighted by Gasteiger charge is 2.48. The van der Waals surface area contributed by atoms with E-state index in [4.69, 9.17) is 28.3 Å². The fraction of sp³-hybridized carbons (Fsp3) is 0.533. The molecule has 1 amide bonds. The van der Waals surface area contributed by atoms with Crippen molar-refractivity contribution in [3.8, 4) is 5.75 Å².